The smallest absolute Gasteiger partial charge is 0.253 e. The fourth-order valence-electron chi connectivity index (χ4n) is 1.00. The average molecular weight is 188 g/mol. The number of amides is 1. The Labute approximate surface area is 83.6 Å². The van der Waals surface area contributed by atoms with E-state index in [4.69, 9.17) is 6.42 Å². The largest absolute Gasteiger partial charge is 0.338 e. The number of aromatic nitrogens is 1. The van der Waals surface area contributed by atoms with Gasteiger partial charge in [0.2, 0.25) is 0 Å². The molecule has 0 bridgehead atoms. The summed E-state index contributed by atoms with van der Waals surface area (Å²) < 4.78 is 0. The van der Waals surface area contributed by atoms with Crippen molar-refractivity contribution in [3.63, 3.8) is 0 Å². The van der Waals surface area contributed by atoms with Crippen LogP contribution in [0.2, 0.25) is 0 Å². The first kappa shape index (κ1) is 10.3. The summed E-state index contributed by atoms with van der Waals surface area (Å²) >= 11 is 0. The van der Waals surface area contributed by atoms with E-state index >= 15 is 0 Å². The second-order valence-electron chi connectivity index (χ2n) is 2.84. The zero-order valence-electron chi connectivity index (χ0n) is 8.03. The Morgan fingerprint density at radius 3 is 3.07 bits per heavy atom. The average Bonchev–Trinajstić information content (AvgIpc) is 2.26. The van der Waals surface area contributed by atoms with Gasteiger partial charge in [-0.1, -0.05) is 12.8 Å². The van der Waals surface area contributed by atoms with E-state index in [0.717, 1.165) is 6.42 Å². The molecule has 3 nitrogen and oxygen atoms in total. The van der Waals surface area contributed by atoms with Crippen LogP contribution in [0.15, 0.2) is 24.5 Å². The zero-order chi connectivity index (χ0) is 10.4. The topological polar surface area (TPSA) is 42.0 Å². The summed E-state index contributed by atoms with van der Waals surface area (Å²) in [7, 11) is 0. The Morgan fingerprint density at radius 1 is 1.79 bits per heavy atom. The molecule has 1 aromatic rings. The third-order valence-corrected chi connectivity index (χ3v) is 1.84. The molecule has 1 heterocycles. The summed E-state index contributed by atoms with van der Waals surface area (Å²) in [5.41, 5.74) is 0.529. The first-order valence-electron chi connectivity index (χ1n) is 4.45. The second kappa shape index (κ2) is 5.03. The molecular formula is C11H12N2O. The molecule has 3 heteroatoms. The molecule has 0 aromatic carbocycles. The van der Waals surface area contributed by atoms with Gasteiger partial charge in [-0.2, -0.15) is 0 Å². The highest BCUT2D eigenvalue weighted by atomic mass is 16.1. The van der Waals surface area contributed by atoms with Gasteiger partial charge in [0, 0.05) is 12.4 Å². The van der Waals surface area contributed by atoms with E-state index in [0.29, 0.717) is 5.56 Å². The minimum absolute atomic E-state index is 0.178. The van der Waals surface area contributed by atoms with Crippen LogP contribution in [0, 0.1) is 12.3 Å². The lowest BCUT2D eigenvalue weighted by molar-refractivity contribution is 0.0944. The standard InChI is InChI=1S/C11H12N2O/c1-3-10(4-2)13-11(14)9-6-5-7-12-8-9/h1,5-8,10H,4H2,2H3,(H,13,14). The first-order chi connectivity index (χ1) is 6.77. The molecule has 0 saturated carbocycles. The molecule has 0 saturated heterocycles. The number of hydrogen-bond acceptors (Lipinski definition) is 2. The van der Waals surface area contributed by atoms with Crippen molar-refractivity contribution in [1.82, 2.24) is 10.3 Å². The second-order valence-corrected chi connectivity index (χ2v) is 2.84. The molecule has 1 rings (SSSR count). The molecule has 0 fully saturated rings. The third-order valence-electron chi connectivity index (χ3n) is 1.84. The van der Waals surface area contributed by atoms with Crippen LogP contribution < -0.4 is 5.32 Å². The van der Waals surface area contributed by atoms with E-state index in [1.807, 2.05) is 6.92 Å². The lowest BCUT2D eigenvalue weighted by Gasteiger charge is -2.09. The molecule has 14 heavy (non-hydrogen) atoms. The Bertz CT molecular complexity index is 340. The summed E-state index contributed by atoms with van der Waals surface area (Å²) in [5, 5.41) is 2.72. The maximum absolute atomic E-state index is 11.5. The van der Waals surface area contributed by atoms with E-state index in [2.05, 4.69) is 16.2 Å². The van der Waals surface area contributed by atoms with Crippen LogP contribution in [0.4, 0.5) is 0 Å². The number of nitrogens with one attached hydrogen (secondary N) is 1. The van der Waals surface area contributed by atoms with Gasteiger partial charge in [0.25, 0.3) is 5.91 Å². The van der Waals surface area contributed by atoms with E-state index in [1.54, 1.807) is 18.3 Å². The number of pyridine rings is 1. The lowest BCUT2D eigenvalue weighted by atomic mass is 10.2. The van der Waals surface area contributed by atoms with Crippen LogP contribution >= 0.6 is 0 Å². The van der Waals surface area contributed by atoms with Crippen molar-refractivity contribution < 1.29 is 4.79 Å². The molecule has 0 aliphatic rings. The van der Waals surface area contributed by atoms with Gasteiger partial charge in [0.15, 0.2) is 0 Å². The molecule has 0 radical (unpaired) electrons. The number of hydrogen-bond donors (Lipinski definition) is 1. The van der Waals surface area contributed by atoms with Crippen molar-refractivity contribution in [2.45, 2.75) is 19.4 Å². The lowest BCUT2D eigenvalue weighted by Crippen LogP contribution is -2.33. The normalized spacial score (nSPS) is 11.4. The van der Waals surface area contributed by atoms with Gasteiger partial charge >= 0.3 is 0 Å². The van der Waals surface area contributed by atoms with E-state index in [1.165, 1.54) is 6.20 Å². The van der Waals surface area contributed by atoms with Gasteiger partial charge in [-0.05, 0) is 18.6 Å². The van der Waals surface area contributed by atoms with Crippen molar-refractivity contribution in [2.75, 3.05) is 0 Å². The van der Waals surface area contributed by atoms with Crippen LogP contribution in [0.1, 0.15) is 23.7 Å². The van der Waals surface area contributed by atoms with Crippen molar-refractivity contribution in [2.24, 2.45) is 0 Å². The summed E-state index contributed by atoms with van der Waals surface area (Å²) in [6.07, 6.45) is 9.09. The fourth-order valence-corrected chi connectivity index (χ4v) is 1.00. The summed E-state index contributed by atoms with van der Waals surface area (Å²) in [5.74, 6) is 2.32. The molecule has 72 valence electrons. The van der Waals surface area contributed by atoms with Crippen LogP contribution in [0.5, 0.6) is 0 Å². The monoisotopic (exact) mass is 188 g/mol. The molecule has 0 aliphatic carbocycles. The van der Waals surface area contributed by atoms with Crippen molar-refractivity contribution in [1.29, 1.82) is 0 Å². The maximum atomic E-state index is 11.5. The number of rotatable bonds is 3. The Hall–Kier alpha value is -1.82. The number of carbonyl (C=O) groups excluding carboxylic acids is 1. The highest BCUT2D eigenvalue weighted by Gasteiger charge is 2.08. The first-order valence-corrected chi connectivity index (χ1v) is 4.45. The van der Waals surface area contributed by atoms with E-state index < -0.39 is 0 Å². The van der Waals surface area contributed by atoms with Gasteiger partial charge in [-0.15, -0.1) is 6.42 Å². The molecule has 1 atom stereocenters. The quantitative estimate of drug-likeness (QED) is 0.725. The predicted octanol–water partition coefficient (Wildman–Crippen LogP) is 1.22. The molecule has 1 amide bonds. The van der Waals surface area contributed by atoms with Crippen molar-refractivity contribution in [3.05, 3.63) is 30.1 Å². The van der Waals surface area contributed by atoms with Crippen molar-refractivity contribution in [3.8, 4) is 12.3 Å². The Balaban J connectivity index is 2.64. The Kier molecular flexibility index (Phi) is 3.69. The minimum atomic E-state index is -0.206. The van der Waals surface area contributed by atoms with Crippen molar-refractivity contribution >= 4 is 5.91 Å². The molecule has 1 N–H and O–H groups in total. The minimum Gasteiger partial charge on any atom is -0.338 e. The van der Waals surface area contributed by atoms with Gasteiger partial charge in [0.1, 0.15) is 0 Å². The highest BCUT2D eigenvalue weighted by Crippen LogP contribution is 1.97. The Morgan fingerprint density at radius 2 is 2.57 bits per heavy atom. The number of terminal acetylenes is 1. The summed E-state index contributed by atoms with van der Waals surface area (Å²) in [4.78, 5) is 15.4. The molecule has 1 aromatic heterocycles. The van der Waals surface area contributed by atoms with E-state index in [9.17, 15) is 4.79 Å². The van der Waals surface area contributed by atoms with Gasteiger partial charge in [0.05, 0.1) is 11.6 Å². The number of carbonyl (C=O) groups is 1. The van der Waals surface area contributed by atoms with Crippen LogP contribution in [0.3, 0.4) is 0 Å². The number of nitrogens with zero attached hydrogens (tertiary/aromatic N) is 1. The summed E-state index contributed by atoms with van der Waals surface area (Å²) in [6, 6.07) is 3.21. The van der Waals surface area contributed by atoms with E-state index in [-0.39, 0.29) is 11.9 Å². The van der Waals surface area contributed by atoms with Gasteiger partial charge in [-0.3, -0.25) is 9.78 Å². The van der Waals surface area contributed by atoms with Crippen LogP contribution in [-0.4, -0.2) is 16.9 Å². The van der Waals surface area contributed by atoms with Gasteiger partial charge in [-0.25, -0.2) is 0 Å². The summed E-state index contributed by atoms with van der Waals surface area (Å²) in [6.45, 7) is 1.92. The van der Waals surface area contributed by atoms with Crippen LogP contribution in [0.25, 0.3) is 0 Å². The SMILES string of the molecule is C#CC(CC)NC(=O)c1cccnc1. The zero-order valence-corrected chi connectivity index (χ0v) is 8.03. The maximum Gasteiger partial charge on any atom is 0.253 e. The molecular weight excluding hydrogens is 176 g/mol. The highest BCUT2D eigenvalue weighted by molar-refractivity contribution is 5.94. The van der Waals surface area contributed by atoms with Crippen LogP contribution in [-0.2, 0) is 0 Å². The molecule has 1 unspecified atom stereocenters. The third kappa shape index (κ3) is 2.60. The molecule has 0 spiro atoms. The molecule has 0 aliphatic heterocycles. The predicted molar refractivity (Wildman–Crippen MR) is 54.6 cm³/mol. The van der Waals surface area contributed by atoms with Gasteiger partial charge < -0.3 is 5.32 Å². The fraction of sp³-hybridized carbons (Fsp3) is 0.273.